The molecule has 1 atom stereocenters. The Morgan fingerprint density at radius 2 is 2.28 bits per heavy atom. The van der Waals surface area contributed by atoms with Crippen LogP contribution >= 0.6 is 11.3 Å². The van der Waals surface area contributed by atoms with Crippen LogP contribution in [0.2, 0.25) is 0 Å². The van der Waals surface area contributed by atoms with E-state index in [1.54, 1.807) is 11.3 Å². The smallest absolute Gasteiger partial charge is 0.253 e. The van der Waals surface area contributed by atoms with Crippen molar-refractivity contribution in [2.75, 3.05) is 0 Å². The Morgan fingerprint density at radius 3 is 2.78 bits per heavy atom. The average molecular weight is 262 g/mol. The van der Waals surface area contributed by atoms with Gasteiger partial charge in [-0.15, -0.1) is 11.3 Å². The molecule has 1 N–H and O–H groups in total. The molecule has 0 radical (unpaired) electrons. The summed E-state index contributed by atoms with van der Waals surface area (Å²) in [5.41, 5.74) is 1.75. The summed E-state index contributed by atoms with van der Waals surface area (Å²) in [5.74, 6) is 0.00773. The van der Waals surface area contributed by atoms with Crippen molar-refractivity contribution in [2.45, 2.75) is 26.3 Å². The quantitative estimate of drug-likeness (QED) is 0.901. The molecule has 1 amide bonds. The molecule has 18 heavy (non-hydrogen) atoms. The molecule has 0 aromatic carbocycles. The van der Waals surface area contributed by atoms with Crippen molar-refractivity contribution in [3.63, 3.8) is 0 Å². The number of aryl methyl sites for hydroxylation is 1. The monoisotopic (exact) mass is 262 g/mol. The van der Waals surface area contributed by atoms with Crippen LogP contribution in [0.3, 0.4) is 0 Å². The van der Waals surface area contributed by atoms with E-state index < -0.39 is 0 Å². The standard InChI is InChI=1S/C14H18N2OS/c1-4-12(13-6-5-9-18-13)15-14(17)11-7-8-16(3)10(11)2/h5-9,12H,4H2,1-3H3,(H,15,17)/t12-/m0/s1. The maximum Gasteiger partial charge on any atom is 0.253 e. The van der Waals surface area contributed by atoms with Gasteiger partial charge in [-0.2, -0.15) is 0 Å². The molecule has 2 aromatic rings. The summed E-state index contributed by atoms with van der Waals surface area (Å²) in [4.78, 5) is 13.4. The van der Waals surface area contributed by atoms with Crippen LogP contribution in [0.4, 0.5) is 0 Å². The molecule has 0 aliphatic carbocycles. The van der Waals surface area contributed by atoms with E-state index >= 15 is 0 Å². The SMILES string of the molecule is CC[C@H](NC(=O)c1ccn(C)c1C)c1cccs1. The van der Waals surface area contributed by atoms with Crippen molar-refractivity contribution >= 4 is 17.2 Å². The number of thiophene rings is 1. The molecule has 0 aliphatic rings. The Hall–Kier alpha value is -1.55. The fourth-order valence-corrected chi connectivity index (χ4v) is 2.81. The van der Waals surface area contributed by atoms with Crippen LogP contribution in [0.25, 0.3) is 0 Å². The average Bonchev–Trinajstić information content (AvgIpc) is 2.98. The second-order valence-corrected chi connectivity index (χ2v) is 5.35. The van der Waals surface area contributed by atoms with Crippen LogP contribution in [0.15, 0.2) is 29.8 Å². The lowest BCUT2D eigenvalue weighted by atomic mass is 10.1. The Balaban J connectivity index is 2.13. The lowest BCUT2D eigenvalue weighted by Crippen LogP contribution is -2.28. The van der Waals surface area contributed by atoms with E-state index in [-0.39, 0.29) is 11.9 Å². The predicted octanol–water partition coefficient (Wildman–Crippen LogP) is 3.28. The van der Waals surface area contributed by atoms with Gasteiger partial charge in [0.1, 0.15) is 0 Å². The van der Waals surface area contributed by atoms with Crippen molar-refractivity contribution < 1.29 is 4.79 Å². The zero-order valence-electron chi connectivity index (χ0n) is 10.9. The number of nitrogens with zero attached hydrogens (tertiary/aromatic N) is 1. The maximum atomic E-state index is 12.2. The minimum atomic E-state index is 0.00773. The molecular formula is C14H18N2OS. The van der Waals surface area contributed by atoms with Gasteiger partial charge in [-0.05, 0) is 30.9 Å². The summed E-state index contributed by atoms with van der Waals surface area (Å²) in [5, 5.41) is 5.14. The third-order valence-electron chi connectivity index (χ3n) is 3.23. The van der Waals surface area contributed by atoms with E-state index in [0.717, 1.165) is 17.7 Å². The summed E-state index contributed by atoms with van der Waals surface area (Å²) in [6.45, 7) is 4.05. The third kappa shape index (κ3) is 2.48. The first-order valence-electron chi connectivity index (χ1n) is 6.09. The topological polar surface area (TPSA) is 34.0 Å². The first-order valence-corrected chi connectivity index (χ1v) is 6.97. The number of aromatic nitrogens is 1. The zero-order chi connectivity index (χ0) is 13.1. The van der Waals surface area contributed by atoms with E-state index in [9.17, 15) is 4.79 Å². The zero-order valence-corrected chi connectivity index (χ0v) is 11.8. The van der Waals surface area contributed by atoms with Crippen LogP contribution in [0.5, 0.6) is 0 Å². The first-order chi connectivity index (χ1) is 8.63. The van der Waals surface area contributed by atoms with Crippen molar-refractivity contribution in [1.29, 1.82) is 0 Å². The van der Waals surface area contributed by atoms with Gasteiger partial charge in [-0.3, -0.25) is 4.79 Å². The van der Waals surface area contributed by atoms with Gasteiger partial charge in [0, 0.05) is 23.8 Å². The van der Waals surface area contributed by atoms with E-state index in [2.05, 4.69) is 18.3 Å². The van der Waals surface area contributed by atoms with Gasteiger partial charge in [-0.25, -0.2) is 0 Å². The number of rotatable bonds is 4. The Bertz CT molecular complexity index is 528. The second-order valence-electron chi connectivity index (χ2n) is 4.38. The van der Waals surface area contributed by atoms with Crippen LogP contribution in [-0.4, -0.2) is 10.5 Å². The lowest BCUT2D eigenvalue weighted by Gasteiger charge is -2.15. The van der Waals surface area contributed by atoms with Crippen LogP contribution in [-0.2, 0) is 7.05 Å². The molecule has 0 spiro atoms. The fraction of sp³-hybridized carbons (Fsp3) is 0.357. The second kappa shape index (κ2) is 5.40. The number of hydrogen-bond donors (Lipinski definition) is 1. The fourth-order valence-electron chi connectivity index (χ4n) is 1.95. The summed E-state index contributed by atoms with van der Waals surface area (Å²) in [6, 6.07) is 6.06. The Labute approximate surface area is 111 Å². The number of amides is 1. The van der Waals surface area contributed by atoms with Crippen molar-refractivity contribution in [3.05, 3.63) is 45.9 Å². The minimum Gasteiger partial charge on any atom is -0.354 e. The van der Waals surface area contributed by atoms with Gasteiger partial charge in [-0.1, -0.05) is 13.0 Å². The molecule has 4 heteroatoms. The molecule has 0 saturated heterocycles. The van der Waals surface area contributed by atoms with Crippen molar-refractivity contribution in [3.8, 4) is 0 Å². The number of nitrogens with one attached hydrogen (secondary N) is 1. The van der Waals surface area contributed by atoms with Crippen LogP contribution < -0.4 is 5.32 Å². The molecule has 2 aromatic heterocycles. The van der Waals surface area contributed by atoms with Crippen molar-refractivity contribution in [2.24, 2.45) is 7.05 Å². The molecule has 0 fully saturated rings. The summed E-state index contributed by atoms with van der Waals surface area (Å²) >= 11 is 1.68. The highest BCUT2D eigenvalue weighted by atomic mass is 32.1. The largest absolute Gasteiger partial charge is 0.354 e. The normalized spacial score (nSPS) is 12.4. The molecule has 3 nitrogen and oxygen atoms in total. The van der Waals surface area contributed by atoms with E-state index in [1.807, 2.05) is 42.2 Å². The molecule has 0 aliphatic heterocycles. The lowest BCUT2D eigenvalue weighted by molar-refractivity contribution is 0.0935. The van der Waals surface area contributed by atoms with Gasteiger partial charge < -0.3 is 9.88 Å². The van der Waals surface area contributed by atoms with E-state index in [4.69, 9.17) is 0 Å². The number of carbonyl (C=O) groups is 1. The number of hydrogen-bond acceptors (Lipinski definition) is 2. The van der Waals surface area contributed by atoms with Gasteiger partial charge in [0.05, 0.1) is 11.6 Å². The first kappa shape index (κ1) is 12.9. The highest BCUT2D eigenvalue weighted by Crippen LogP contribution is 2.22. The molecule has 2 rings (SSSR count). The Kier molecular flexibility index (Phi) is 3.87. The molecule has 0 bridgehead atoms. The minimum absolute atomic E-state index is 0.00773. The number of carbonyl (C=O) groups excluding carboxylic acids is 1. The third-order valence-corrected chi connectivity index (χ3v) is 4.21. The van der Waals surface area contributed by atoms with Crippen LogP contribution in [0, 0.1) is 6.92 Å². The van der Waals surface area contributed by atoms with Gasteiger partial charge >= 0.3 is 0 Å². The highest BCUT2D eigenvalue weighted by molar-refractivity contribution is 7.10. The van der Waals surface area contributed by atoms with E-state index in [1.165, 1.54) is 4.88 Å². The van der Waals surface area contributed by atoms with Crippen molar-refractivity contribution in [1.82, 2.24) is 9.88 Å². The predicted molar refractivity (Wildman–Crippen MR) is 75.0 cm³/mol. The van der Waals surface area contributed by atoms with E-state index in [0.29, 0.717) is 0 Å². The summed E-state index contributed by atoms with van der Waals surface area (Å²) in [7, 11) is 1.95. The highest BCUT2D eigenvalue weighted by Gasteiger charge is 2.17. The Morgan fingerprint density at radius 1 is 1.50 bits per heavy atom. The maximum absolute atomic E-state index is 12.2. The molecule has 2 heterocycles. The van der Waals surface area contributed by atoms with Crippen LogP contribution in [0.1, 0.15) is 40.3 Å². The summed E-state index contributed by atoms with van der Waals surface area (Å²) < 4.78 is 1.96. The molecular weight excluding hydrogens is 244 g/mol. The molecule has 96 valence electrons. The molecule has 0 saturated carbocycles. The van der Waals surface area contributed by atoms with Gasteiger partial charge in [0.2, 0.25) is 0 Å². The van der Waals surface area contributed by atoms with Gasteiger partial charge in [0.15, 0.2) is 0 Å². The summed E-state index contributed by atoms with van der Waals surface area (Å²) in [6.07, 6.45) is 2.81. The molecule has 0 unspecified atom stereocenters. The van der Waals surface area contributed by atoms with Gasteiger partial charge in [0.25, 0.3) is 5.91 Å².